The maximum Gasteiger partial charge on any atom is 0.181 e. The molecule has 0 aliphatic rings. The average Bonchev–Trinajstić information content (AvgIpc) is 3.03. The Hall–Kier alpha value is -2.01. The van der Waals surface area contributed by atoms with E-state index in [1.165, 1.54) is 0 Å². The fourth-order valence-corrected chi connectivity index (χ4v) is 3.04. The molecule has 0 atom stereocenters. The number of rotatable bonds is 2. The molecule has 3 aromatic rings. The van der Waals surface area contributed by atoms with Gasteiger partial charge in [0.1, 0.15) is 11.5 Å². The molecule has 0 bridgehead atoms. The van der Waals surface area contributed by atoms with Crippen LogP contribution in [0.3, 0.4) is 0 Å². The minimum Gasteiger partial charge on any atom is -0.466 e. The molecule has 0 aliphatic carbocycles. The molecule has 19 heavy (non-hydrogen) atoms. The highest BCUT2D eigenvalue weighted by Crippen LogP contribution is 2.42. The SMILES string of the molecule is Cc1oc(C)c(-c2onc(N)c2-c2cccs2)c1C. The molecule has 3 aromatic heterocycles. The monoisotopic (exact) mass is 274 g/mol. The van der Waals surface area contributed by atoms with Crippen LogP contribution in [-0.2, 0) is 0 Å². The van der Waals surface area contributed by atoms with Crippen molar-refractivity contribution in [3.63, 3.8) is 0 Å². The van der Waals surface area contributed by atoms with Crippen molar-refractivity contribution in [1.29, 1.82) is 0 Å². The average molecular weight is 274 g/mol. The van der Waals surface area contributed by atoms with Gasteiger partial charge in [-0.1, -0.05) is 11.2 Å². The van der Waals surface area contributed by atoms with E-state index in [1.807, 2.05) is 38.3 Å². The van der Waals surface area contributed by atoms with Crippen molar-refractivity contribution >= 4 is 17.2 Å². The lowest BCUT2D eigenvalue weighted by molar-refractivity contribution is 0.434. The number of anilines is 1. The Morgan fingerprint density at radius 3 is 2.53 bits per heavy atom. The van der Waals surface area contributed by atoms with Gasteiger partial charge in [0.2, 0.25) is 0 Å². The maximum atomic E-state index is 5.95. The predicted molar refractivity (Wildman–Crippen MR) is 76.1 cm³/mol. The first-order valence-corrected chi connectivity index (χ1v) is 6.83. The third-order valence-electron chi connectivity index (χ3n) is 3.27. The summed E-state index contributed by atoms with van der Waals surface area (Å²) in [5, 5.41) is 5.91. The molecule has 0 saturated carbocycles. The molecule has 4 nitrogen and oxygen atoms in total. The van der Waals surface area contributed by atoms with Crippen LogP contribution in [0.15, 0.2) is 26.5 Å². The summed E-state index contributed by atoms with van der Waals surface area (Å²) >= 11 is 1.61. The van der Waals surface area contributed by atoms with E-state index in [4.69, 9.17) is 14.7 Å². The second kappa shape index (κ2) is 4.28. The first-order chi connectivity index (χ1) is 9.09. The lowest BCUT2D eigenvalue weighted by atomic mass is 10.0. The minimum absolute atomic E-state index is 0.412. The van der Waals surface area contributed by atoms with Crippen LogP contribution in [0.25, 0.3) is 21.8 Å². The molecule has 3 rings (SSSR count). The van der Waals surface area contributed by atoms with Crippen LogP contribution in [0.1, 0.15) is 17.1 Å². The molecule has 0 unspecified atom stereocenters. The lowest BCUT2D eigenvalue weighted by Gasteiger charge is -2.00. The molecule has 3 heterocycles. The lowest BCUT2D eigenvalue weighted by Crippen LogP contribution is -1.87. The van der Waals surface area contributed by atoms with Crippen molar-refractivity contribution in [2.75, 3.05) is 5.73 Å². The van der Waals surface area contributed by atoms with Crippen molar-refractivity contribution in [2.24, 2.45) is 0 Å². The van der Waals surface area contributed by atoms with Crippen molar-refractivity contribution < 1.29 is 8.94 Å². The van der Waals surface area contributed by atoms with E-state index in [0.29, 0.717) is 11.6 Å². The van der Waals surface area contributed by atoms with E-state index in [1.54, 1.807) is 11.3 Å². The van der Waals surface area contributed by atoms with Crippen LogP contribution in [0.5, 0.6) is 0 Å². The number of aryl methyl sites for hydroxylation is 2. The zero-order valence-electron chi connectivity index (χ0n) is 11.0. The summed E-state index contributed by atoms with van der Waals surface area (Å²) in [5.41, 5.74) is 8.81. The zero-order chi connectivity index (χ0) is 13.6. The van der Waals surface area contributed by atoms with Gasteiger partial charge in [0, 0.05) is 10.4 Å². The molecule has 0 aliphatic heterocycles. The molecule has 0 aromatic carbocycles. The summed E-state index contributed by atoms with van der Waals surface area (Å²) < 4.78 is 11.1. The Morgan fingerprint density at radius 2 is 1.95 bits per heavy atom. The Kier molecular flexibility index (Phi) is 2.71. The van der Waals surface area contributed by atoms with Crippen molar-refractivity contribution in [3.05, 3.63) is 34.6 Å². The third kappa shape index (κ3) is 1.77. The normalized spacial score (nSPS) is 11.1. The number of furan rings is 1. The van der Waals surface area contributed by atoms with Gasteiger partial charge in [-0.2, -0.15) is 0 Å². The van der Waals surface area contributed by atoms with Crippen LogP contribution in [0.2, 0.25) is 0 Å². The largest absolute Gasteiger partial charge is 0.466 e. The van der Waals surface area contributed by atoms with E-state index in [2.05, 4.69) is 5.16 Å². The van der Waals surface area contributed by atoms with Gasteiger partial charge in [0.25, 0.3) is 0 Å². The summed E-state index contributed by atoms with van der Waals surface area (Å²) in [6, 6.07) is 3.99. The summed E-state index contributed by atoms with van der Waals surface area (Å²) in [4.78, 5) is 1.05. The van der Waals surface area contributed by atoms with Crippen LogP contribution in [0.4, 0.5) is 5.82 Å². The molecule has 98 valence electrons. The summed E-state index contributed by atoms with van der Waals surface area (Å²) in [6.45, 7) is 5.88. The Morgan fingerprint density at radius 1 is 1.16 bits per heavy atom. The minimum atomic E-state index is 0.412. The van der Waals surface area contributed by atoms with E-state index in [9.17, 15) is 0 Å². The Labute approximate surface area is 114 Å². The van der Waals surface area contributed by atoms with Gasteiger partial charge in [-0.05, 0) is 32.2 Å². The van der Waals surface area contributed by atoms with Crippen molar-refractivity contribution in [2.45, 2.75) is 20.8 Å². The predicted octanol–water partition coefficient (Wildman–Crippen LogP) is 4.17. The molecule has 0 radical (unpaired) electrons. The van der Waals surface area contributed by atoms with Crippen LogP contribution < -0.4 is 5.73 Å². The van der Waals surface area contributed by atoms with Crippen LogP contribution >= 0.6 is 11.3 Å². The van der Waals surface area contributed by atoms with Crippen molar-refractivity contribution in [3.8, 4) is 21.8 Å². The smallest absolute Gasteiger partial charge is 0.181 e. The number of nitrogen functional groups attached to an aromatic ring is 1. The molecular formula is C14H14N2O2S. The third-order valence-corrected chi connectivity index (χ3v) is 4.16. The number of thiophene rings is 1. The summed E-state index contributed by atoms with van der Waals surface area (Å²) in [5.74, 6) is 2.81. The second-order valence-electron chi connectivity index (χ2n) is 4.46. The molecule has 5 heteroatoms. The van der Waals surface area contributed by atoms with Gasteiger partial charge < -0.3 is 14.7 Å². The van der Waals surface area contributed by atoms with Crippen molar-refractivity contribution in [1.82, 2.24) is 5.16 Å². The summed E-state index contributed by atoms with van der Waals surface area (Å²) in [6.07, 6.45) is 0. The number of nitrogens with zero attached hydrogens (tertiary/aromatic N) is 1. The second-order valence-corrected chi connectivity index (χ2v) is 5.41. The number of aromatic nitrogens is 1. The van der Waals surface area contributed by atoms with E-state index >= 15 is 0 Å². The van der Waals surface area contributed by atoms with E-state index in [-0.39, 0.29) is 0 Å². The quantitative estimate of drug-likeness (QED) is 0.761. The zero-order valence-corrected chi connectivity index (χ0v) is 11.8. The molecule has 0 fully saturated rings. The molecule has 0 saturated heterocycles. The van der Waals surface area contributed by atoms with Crippen LogP contribution in [0, 0.1) is 20.8 Å². The molecular weight excluding hydrogens is 260 g/mol. The fourth-order valence-electron chi connectivity index (χ4n) is 2.26. The standard InChI is InChI=1S/C14H14N2O2S/c1-7-8(2)17-9(3)11(7)13-12(14(15)16-18-13)10-5-4-6-19-10/h4-6H,1-3H3,(H2,15,16). The highest BCUT2D eigenvalue weighted by atomic mass is 32.1. The summed E-state index contributed by atoms with van der Waals surface area (Å²) in [7, 11) is 0. The highest BCUT2D eigenvalue weighted by molar-refractivity contribution is 7.13. The van der Waals surface area contributed by atoms with Gasteiger partial charge in [-0.25, -0.2) is 0 Å². The van der Waals surface area contributed by atoms with E-state index in [0.717, 1.165) is 33.1 Å². The van der Waals surface area contributed by atoms with Gasteiger partial charge in [0.15, 0.2) is 11.6 Å². The Balaban J connectivity index is 2.28. The van der Waals surface area contributed by atoms with Gasteiger partial charge in [-0.3, -0.25) is 0 Å². The fraction of sp³-hybridized carbons (Fsp3) is 0.214. The van der Waals surface area contributed by atoms with Gasteiger partial charge in [0.05, 0.1) is 11.1 Å². The first kappa shape index (κ1) is 12.0. The van der Waals surface area contributed by atoms with Crippen LogP contribution in [-0.4, -0.2) is 5.16 Å². The topological polar surface area (TPSA) is 65.2 Å². The molecule has 0 amide bonds. The van der Waals surface area contributed by atoms with Gasteiger partial charge in [-0.15, -0.1) is 11.3 Å². The molecule has 0 spiro atoms. The highest BCUT2D eigenvalue weighted by Gasteiger charge is 2.24. The molecule has 2 N–H and O–H groups in total. The number of nitrogens with two attached hydrogens (primary N) is 1. The first-order valence-electron chi connectivity index (χ1n) is 5.95. The Bertz CT molecular complexity index is 723. The van der Waals surface area contributed by atoms with Gasteiger partial charge >= 0.3 is 0 Å². The number of hydrogen-bond acceptors (Lipinski definition) is 5. The van der Waals surface area contributed by atoms with E-state index < -0.39 is 0 Å². The maximum absolute atomic E-state index is 5.95. The number of hydrogen-bond donors (Lipinski definition) is 1.